The van der Waals surface area contributed by atoms with Gasteiger partial charge in [0.2, 0.25) is 11.5 Å². The van der Waals surface area contributed by atoms with Crippen molar-refractivity contribution in [3.05, 3.63) is 34.4 Å². The molecule has 0 amide bonds. The lowest BCUT2D eigenvalue weighted by Gasteiger charge is -2.47. The molecule has 2 aromatic carbocycles. The number of fused-ring (bicyclic) bond motifs is 4. The maximum atomic E-state index is 10.8. The number of hydrogen-bond acceptors (Lipinski definition) is 6. The zero-order chi connectivity index (χ0) is 20.1. The van der Waals surface area contributed by atoms with Crippen molar-refractivity contribution in [2.75, 3.05) is 0 Å². The highest BCUT2D eigenvalue weighted by molar-refractivity contribution is 5.73. The van der Waals surface area contributed by atoms with E-state index < -0.39 is 50.7 Å². The van der Waals surface area contributed by atoms with E-state index in [-0.39, 0.29) is 0 Å². The lowest BCUT2D eigenvalue weighted by Crippen LogP contribution is -2.45. The zero-order valence-electron chi connectivity index (χ0n) is 15.8. The second-order valence-corrected chi connectivity index (χ2v) is 8.80. The third kappa shape index (κ3) is 1.67. The van der Waals surface area contributed by atoms with Gasteiger partial charge in [-0.3, -0.25) is 0 Å². The molecule has 1 spiro atoms. The second-order valence-electron chi connectivity index (χ2n) is 8.80. The molecule has 2 aliphatic rings. The molecule has 144 valence electrons. The molecule has 1 unspecified atom stereocenters. The third-order valence-corrected chi connectivity index (χ3v) is 7.52. The van der Waals surface area contributed by atoms with Gasteiger partial charge in [0.25, 0.3) is 0 Å². The van der Waals surface area contributed by atoms with Crippen molar-refractivity contribution in [3.63, 3.8) is 0 Å². The maximum Gasteiger partial charge on any atom is 0.200 e. The van der Waals surface area contributed by atoms with Crippen molar-refractivity contribution in [2.24, 2.45) is 5.41 Å². The first kappa shape index (κ1) is 17.6. The Morgan fingerprint density at radius 2 is 1.22 bits per heavy atom. The fourth-order valence-electron chi connectivity index (χ4n) is 5.45. The zero-order valence-corrected chi connectivity index (χ0v) is 15.8. The highest BCUT2D eigenvalue weighted by atomic mass is 16.3. The van der Waals surface area contributed by atoms with Gasteiger partial charge in [0.05, 0.1) is 0 Å². The quantitative estimate of drug-likeness (QED) is 0.394. The molecule has 2 aromatic rings. The number of aromatic hydroxyl groups is 6. The first-order valence-electron chi connectivity index (χ1n) is 8.95. The minimum Gasteiger partial charge on any atom is -0.504 e. The van der Waals surface area contributed by atoms with Crippen LogP contribution in [0.1, 0.15) is 56.4 Å². The van der Waals surface area contributed by atoms with Gasteiger partial charge < -0.3 is 30.6 Å². The molecule has 0 aromatic heterocycles. The summed E-state index contributed by atoms with van der Waals surface area (Å²) in [5.41, 5.74) is 0.262. The van der Waals surface area contributed by atoms with E-state index in [0.29, 0.717) is 35.1 Å². The van der Waals surface area contributed by atoms with E-state index in [2.05, 4.69) is 0 Å². The lowest BCUT2D eigenvalue weighted by atomic mass is 9.55. The number of phenols is 6. The Hall–Kier alpha value is -2.76. The molecule has 0 fully saturated rings. The average Bonchev–Trinajstić information content (AvgIpc) is 3.02. The van der Waals surface area contributed by atoms with Crippen LogP contribution in [0.5, 0.6) is 34.5 Å². The number of phenolic OH excluding ortho intramolecular Hbond substituents is 6. The maximum absolute atomic E-state index is 10.8. The minimum atomic E-state index is -0.911. The standard InChI is InChI=1S/C21H24O6/c1-19(2)10-8-12(23)16(25)18(27)14(10)21(20(19,3)4)6-5-9-7-11(22)15(24)17(26)13(9)21/h7-8,22-27H,5-6H2,1-4H3. The molecule has 4 rings (SSSR count). The van der Waals surface area contributed by atoms with E-state index >= 15 is 0 Å². The van der Waals surface area contributed by atoms with Crippen LogP contribution in [0.15, 0.2) is 12.1 Å². The molecule has 1 atom stereocenters. The largest absolute Gasteiger partial charge is 0.504 e. The molecule has 6 N–H and O–H groups in total. The van der Waals surface area contributed by atoms with E-state index in [1.54, 1.807) is 0 Å². The predicted molar refractivity (Wildman–Crippen MR) is 98.8 cm³/mol. The van der Waals surface area contributed by atoms with Crippen molar-refractivity contribution < 1.29 is 30.6 Å². The topological polar surface area (TPSA) is 121 Å². The Balaban J connectivity index is 2.21. The van der Waals surface area contributed by atoms with E-state index in [4.69, 9.17) is 0 Å². The summed E-state index contributed by atoms with van der Waals surface area (Å²) >= 11 is 0. The van der Waals surface area contributed by atoms with Crippen molar-refractivity contribution in [1.29, 1.82) is 0 Å². The van der Waals surface area contributed by atoms with Crippen LogP contribution in [0.2, 0.25) is 0 Å². The van der Waals surface area contributed by atoms with Crippen molar-refractivity contribution in [1.82, 2.24) is 0 Å². The second kappa shape index (κ2) is 4.74. The lowest BCUT2D eigenvalue weighted by molar-refractivity contribution is 0.123. The van der Waals surface area contributed by atoms with Crippen LogP contribution in [0, 0.1) is 5.41 Å². The van der Waals surface area contributed by atoms with Crippen LogP contribution >= 0.6 is 0 Å². The monoisotopic (exact) mass is 372 g/mol. The van der Waals surface area contributed by atoms with Crippen LogP contribution in [0.4, 0.5) is 0 Å². The van der Waals surface area contributed by atoms with Gasteiger partial charge in [-0.15, -0.1) is 0 Å². The summed E-state index contributed by atoms with van der Waals surface area (Å²) < 4.78 is 0. The summed E-state index contributed by atoms with van der Waals surface area (Å²) in [6.07, 6.45) is 1.04. The smallest absolute Gasteiger partial charge is 0.200 e. The Bertz CT molecular complexity index is 1000. The molecule has 0 radical (unpaired) electrons. The highest BCUT2D eigenvalue weighted by Crippen LogP contribution is 2.72. The van der Waals surface area contributed by atoms with Gasteiger partial charge in [-0.25, -0.2) is 0 Å². The van der Waals surface area contributed by atoms with Crippen LogP contribution in [-0.2, 0) is 17.3 Å². The fourth-order valence-corrected chi connectivity index (χ4v) is 5.45. The normalized spacial score (nSPS) is 24.1. The van der Waals surface area contributed by atoms with Crippen molar-refractivity contribution in [2.45, 2.75) is 51.4 Å². The molecule has 0 saturated heterocycles. The Morgan fingerprint density at radius 1 is 0.704 bits per heavy atom. The SMILES string of the molecule is CC1(C)c2cc(O)c(O)c(O)c2C2(CCc3cc(O)c(O)c(O)c32)C1(C)C. The molecule has 6 heteroatoms. The summed E-state index contributed by atoms with van der Waals surface area (Å²) in [6.45, 7) is 8.01. The average molecular weight is 372 g/mol. The van der Waals surface area contributed by atoms with Gasteiger partial charge >= 0.3 is 0 Å². The molecule has 0 saturated carbocycles. The van der Waals surface area contributed by atoms with E-state index in [1.807, 2.05) is 27.7 Å². The highest BCUT2D eigenvalue weighted by Gasteiger charge is 2.66. The number of rotatable bonds is 0. The van der Waals surface area contributed by atoms with Crippen LogP contribution in [0.25, 0.3) is 0 Å². The first-order valence-corrected chi connectivity index (χ1v) is 8.95. The van der Waals surface area contributed by atoms with Crippen LogP contribution in [0.3, 0.4) is 0 Å². The van der Waals surface area contributed by atoms with Gasteiger partial charge in [0, 0.05) is 16.5 Å². The molecule has 2 aliphatic carbocycles. The Labute approximate surface area is 157 Å². The molecular weight excluding hydrogens is 348 g/mol. The molecule has 0 bridgehead atoms. The first-order chi connectivity index (χ1) is 12.4. The Morgan fingerprint density at radius 3 is 1.81 bits per heavy atom. The van der Waals surface area contributed by atoms with E-state index in [9.17, 15) is 30.6 Å². The molecule has 0 aliphatic heterocycles. The van der Waals surface area contributed by atoms with Gasteiger partial charge in [0.15, 0.2) is 23.0 Å². The van der Waals surface area contributed by atoms with Gasteiger partial charge in [-0.1, -0.05) is 27.7 Å². The number of benzene rings is 2. The summed E-state index contributed by atoms with van der Waals surface area (Å²) in [5.74, 6) is -2.81. The van der Waals surface area contributed by atoms with Crippen molar-refractivity contribution >= 4 is 0 Å². The summed E-state index contributed by atoms with van der Waals surface area (Å²) in [7, 11) is 0. The van der Waals surface area contributed by atoms with E-state index in [0.717, 1.165) is 0 Å². The van der Waals surface area contributed by atoms with Crippen LogP contribution in [-0.4, -0.2) is 30.6 Å². The summed E-state index contributed by atoms with van der Waals surface area (Å²) in [5, 5.41) is 62.0. The number of aryl methyl sites for hydroxylation is 1. The van der Waals surface area contributed by atoms with Gasteiger partial charge in [0.1, 0.15) is 0 Å². The molecular formula is C21H24O6. The van der Waals surface area contributed by atoms with Gasteiger partial charge in [-0.2, -0.15) is 0 Å². The van der Waals surface area contributed by atoms with Crippen LogP contribution < -0.4 is 0 Å². The summed E-state index contributed by atoms with van der Waals surface area (Å²) in [4.78, 5) is 0. The Kier molecular flexibility index (Phi) is 3.10. The summed E-state index contributed by atoms with van der Waals surface area (Å²) in [6, 6.07) is 2.91. The predicted octanol–water partition coefficient (Wildman–Crippen LogP) is 3.47. The van der Waals surface area contributed by atoms with Gasteiger partial charge in [-0.05, 0) is 46.9 Å². The minimum absolute atomic E-state index is 0.392. The molecule has 0 heterocycles. The van der Waals surface area contributed by atoms with Crippen molar-refractivity contribution in [3.8, 4) is 34.5 Å². The number of hydrogen-bond donors (Lipinski definition) is 6. The molecule has 27 heavy (non-hydrogen) atoms. The third-order valence-electron chi connectivity index (χ3n) is 7.52. The van der Waals surface area contributed by atoms with E-state index in [1.165, 1.54) is 12.1 Å². The fraction of sp³-hybridized carbons (Fsp3) is 0.429. The molecule has 6 nitrogen and oxygen atoms in total.